The number of hydrogen-bond donors (Lipinski definition) is 1. The molecule has 0 fully saturated rings. The Morgan fingerprint density at radius 2 is 1.84 bits per heavy atom. The smallest absolute Gasteiger partial charge is 0.0450 e. The van der Waals surface area contributed by atoms with Crippen LogP contribution in [0, 0.1) is 13.8 Å². The molecule has 0 heterocycles. The molecule has 1 atom stereocenters. The second-order valence-corrected chi connectivity index (χ2v) is 5.46. The van der Waals surface area contributed by atoms with Crippen molar-refractivity contribution in [1.82, 2.24) is 5.32 Å². The van der Waals surface area contributed by atoms with Crippen LogP contribution in [0.5, 0.6) is 0 Å². The van der Waals surface area contributed by atoms with E-state index < -0.39 is 0 Å². The first-order chi connectivity index (χ1) is 9.08. The van der Waals surface area contributed by atoms with Crippen molar-refractivity contribution >= 4 is 11.6 Å². The summed E-state index contributed by atoms with van der Waals surface area (Å²) in [7, 11) is 0. The highest BCUT2D eigenvalue weighted by Gasteiger charge is 2.09. The van der Waals surface area contributed by atoms with Crippen LogP contribution >= 0.6 is 11.6 Å². The van der Waals surface area contributed by atoms with Gasteiger partial charge in [0.15, 0.2) is 0 Å². The molecule has 19 heavy (non-hydrogen) atoms. The molecule has 0 aromatic heterocycles. The molecule has 2 aromatic carbocycles. The number of aryl methyl sites for hydroxylation is 2. The maximum Gasteiger partial charge on any atom is 0.0450 e. The first-order valence-corrected chi connectivity index (χ1v) is 6.99. The molecule has 0 radical (unpaired) electrons. The molecule has 0 saturated heterocycles. The average molecular weight is 274 g/mol. The van der Waals surface area contributed by atoms with Crippen molar-refractivity contribution in [3.8, 4) is 0 Å². The summed E-state index contributed by atoms with van der Waals surface area (Å²) in [4.78, 5) is 0. The van der Waals surface area contributed by atoms with Gasteiger partial charge in [0.2, 0.25) is 0 Å². The monoisotopic (exact) mass is 273 g/mol. The second-order valence-electron chi connectivity index (χ2n) is 5.05. The van der Waals surface area contributed by atoms with E-state index in [2.05, 4.69) is 50.4 Å². The standard InChI is InChI=1S/C17H20ClN/c1-12-8-9-13(2)16(10-12)14(3)19-11-15-6-4-5-7-17(15)18/h4-10,14,19H,11H2,1-3H3. The first kappa shape index (κ1) is 14.1. The van der Waals surface area contributed by atoms with Gasteiger partial charge < -0.3 is 5.32 Å². The largest absolute Gasteiger partial charge is 0.306 e. The second kappa shape index (κ2) is 6.23. The number of nitrogens with one attached hydrogen (secondary N) is 1. The van der Waals surface area contributed by atoms with Crippen molar-refractivity contribution in [3.05, 3.63) is 69.7 Å². The van der Waals surface area contributed by atoms with Gasteiger partial charge in [0.25, 0.3) is 0 Å². The molecule has 0 saturated carbocycles. The highest BCUT2D eigenvalue weighted by Crippen LogP contribution is 2.20. The number of hydrogen-bond acceptors (Lipinski definition) is 1. The molecule has 1 N–H and O–H groups in total. The fourth-order valence-corrected chi connectivity index (χ4v) is 2.44. The minimum absolute atomic E-state index is 0.316. The van der Waals surface area contributed by atoms with E-state index in [1.807, 2.05) is 18.2 Å². The fraction of sp³-hybridized carbons (Fsp3) is 0.294. The Morgan fingerprint density at radius 1 is 1.11 bits per heavy atom. The van der Waals surface area contributed by atoms with Gasteiger partial charge in [-0.2, -0.15) is 0 Å². The maximum atomic E-state index is 6.17. The summed E-state index contributed by atoms with van der Waals surface area (Å²) in [5.41, 5.74) is 5.12. The van der Waals surface area contributed by atoms with Gasteiger partial charge in [-0.15, -0.1) is 0 Å². The minimum atomic E-state index is 0.316. The highest BCUT2D eigenvalue weighted by atomic mass is 35.5. The molecular formula is C17H20ClN. The van der Waals surface area contributed by atoms with Crippen LogP contribution in [0.25, 0.3) is 0 Å². The van der Waals surface area contributed by atoms with Crippen molar-refractivity contribution in [3.63, 3.8) is 0 Å². The maximum absolute atomic E-state index is 6.17. The Kier molecular flexibility index (Phi) is 4.62. The molecule has 0 amide bonds. The molecule has 1 unspecified atom stereocenters. The molecule has 2 heteroatoms. The SMILES string of the molecule is Cc1ccc(C)c(C(C)NCc2ccccc2Cl)c1. The number of rotatable bonds is 4. The summed E-state index contributed by atoms with van der Waals surface area (Å²) in [6.45, 7) is 7.26. The zero-order valence-corrected chi connectivity index (χ0v) is 12.5. The van der Waals surface area contributed by atoms with E-state index in [-0.39, 0.29) is 0 Å². The molecule has 0 bridgehead atoms. The third kappa shape index (κ3) is 3.59. The topological polar surface area (TPSA) is 12.0 Å². The van der Waals surface area contributed by atoms with Crippen molar-refractivity contribution in [2.45, 2.75) is 33.4 Å². The highest BCUT2D eigenvalue weighted by molar-refractivity contribution is 6.31. The predicted molar refractivity (Wildman–Crippen MR) is 82.6 cm³/mol. The summed E-state index contributed by atoms with van der Waals surface area (Å²) in [5.74, 6) is 0. The average Bonchev–Trinajstić information content (AvgIpc) is 2.40. The summed E-state index contributed by atoms with van der Waals surface area (Å²) in [6.07, 6.45) is 0. The lowest BCUT2D eigenvalue weighted by Crippen LogP contribution is -2.19. The third-order valence-corrected chi connectivity index (χ3v) is 3.83. The van der Waals surface area contributed by atoms with Crippen molar-refractivity contribution in [2.75, 3.05) is 0 Å². The summed E-state index contributed by atoms with van der Waals surface area (Å²) in [6, 6.07) is 14.9. The Balaban J connectivity index is 2.07. The van der Waals surface area contributed by atoms with Crippen LogP contribution in [0.15, 0.2) is 42.5 Å². The molecule has 0 aliphatic heterocycles. The molecule has 2 rings (SSSR count). The van der Waals surface area contributed by atoms with Gasteiger partial charge in [-0.05, 0) is 43.5 Å². The molecule has 100 valence electrons. The van der Waals surface area contributed by atoms with Crippen LogP contribution in [0.4, 0.5) is 0 Å². The van der Waals surface area contributed by atoms with Crippen LogP contribution in [0.2, 0.25) is 5.02 Å². The van der Waals surface area contributed by atoms with Gasteiger partial charge in [-0.3, -0.25) is 0 Å². The number of halogens is 1. The Hall–Kier alpha value is -1.31. The van der Waals surface area contributed by atoms with Crippen LogP contribution in [-0.2, 0) is 6.54 Å². The summed E-state index contributed by atoms with van der Waals surface area (Å²) >= 11 is 6.17. The van der Waals surface area contributed by atoms with Crippen molar-refractivity contribution in [1.29, 1.82) is 0 Å². The van der Waals surface area contributed by atoms with Crippen LogP contribution in [0.1, 0.15) is 35.2 Å². The van der Waals surface area contributed by atoms with Crippen molar-refractivity contribution < 1.29 is 0 Å². The van der Waals surface area contributed by atoms with E-state index >= 15 is 0 Å². The molecule has 0 aliphatic carbocycles. The van der Waals surface area contributed by atoms with Gasteiger partial charge in [0, 0.05) is 17.6 Å². The van der Waals surface area contributed by atoms with Crippen LogP contribution in [0.3, 0.4) is 0 Å². The van der Waals surface area contributed by atoms with Crippen molar-refractivity contribution in [2.24, 2.45) is 0 Å². The summed E-state index contributed by atoms with van der Waals surface area (Å²) in [5, 5.41) is 4.36. The van der Waals surface area contributed by atoms with Crippen LogP contribution in [-0.4, -0.2) is 0 Å². The van der Waals surface area contributed by atoms with E-state index in [0.29, 0.717) is 6.04 Å². The van der Waals surface area contributed by atoms with E-state index in [0.717, 1.165) is 17.1 Å². The van der Waals surface area contributed by atoms with Gasteiger partial charge in [-0.1, -0.05) is 53.6 Å². The van der Waals surface area contributed by atoms with Crippen LogP contribution < -0.4 is 5.32 Å². The van der Waals surface area contributed by atoms with E-state index in [1.54, 1.807) is 0 Å². The van der Waals surface area contributed by atoms with E-state index in [1.165, 1.54) is 16.7 Å². The molecule has 1 nitrogen and oxygen atoms in total. The molecule has 2 aromatic rings. The quantitative estimate of drug-likeness (QED) is 0.843. The Morgan fingerprint density at radius 3 is 2.58 bits per heavy atom. The minimum Gasteiger partial charge on any atom is -0.306 e. The zero-order chi connectivity index (χ0) is 13.8. The van der Waals surface area contributed by atoms with Gasteiger partial charge >= 0.3 is 0 Å². The number of benzene rings is 2. The van der Waals surface area contributed by atoms with E-state index in [4.69, 9.17) is 11.6 Å². The summed E-state index contributed by atoms with van der Waals surface area (Å²) < 4.78 is 0. The normalized spacial score (nSPS) is 12.4. The third-order valence-electron chi connectivity index (χ3n) is 3.46. The van der Waals surface area contributed by atoms with E-state index in [9.17, 15) is 0 Å². The van der Waals surface area contributed by atoms with Gasteiger partial charge in [0.1, 0.15) is 0 Å². The van der Waals surface area contributed by atoms with Gasteiger partial charge in [-0.25, -0.2) is 0 Å². The molecular weight excluding hydrogens is 254 g/mol. The lowest BCUT2D eigenvalue weighted by atomic mass is 10.00. The Bertz CT molecular complexity index is 563. The predicted octanol–water partition coefficient (Wildman–Crippen LogP) is 4.81. The molecule has 0 spiro atoms. The Labute approximate surface area is 120 Å². The molecule has 0 aliphatic rings. The fourth-order valence-electron chi connectivity index (χ4n) is 2.24. The first-order valence-electron chi connectivity index (χ1n) is 6.62. The lowest BCUT2D eigenvalue weighted by Gasteiger charge is -2.18. The lowest BCUT2D eigenvalue weighted by molar-refractivity contribution is 0.572. The zero-order valence-electron chi connectivity index (χ0n) is 11.7. The van der Waals surface area contributed by atoms with Gasteiger partial charge in [0.05, 0.1) is 0 Å².